The van der Waals surface area contributed by atoms with Crippen molar-refractivity contribution in [1.29, 1.82) is 0 Å². The van der Waals surface area contributed by atoms with Crippen molar-refractivity contribution in [2.24, 2.45) is 0 Å². The molecule has 0 aliphatic heterocycles. The molecular weight excluding hydrogens is 441 g/mol. The molecule has 3 rings (SSSR count). The molecule has 30 heavy (non-hydrogen) atoms. The summed E-state index contributed by atoms with van der Waals surface area (Å²) in [4.78, 5) is 15.2. The van der Waals surface area contributed by atoms with Gasteiger partial charge in [-0.15, -0.1) is 11.3 Å². The van der Waals surface area contributed by atoms with Crippen molar-refractivity contribution >= 4 is 27.3 Å². The normalized spacial score (nSPS) is 12.1. The zero-order chi connectivity index (χ0) is 21.9. The Labute approximate surface area is 174 Å². The summed E-state index contributed by atoms with van der Waals surface area (Å²) in [7, 11) is -3.75. The van der Waals surface area contributed by atoms with E-state index in [1.807, 2.05) is 0 Å². The van der Waals surface area contributed by atoms with Gasteiger partial charge in [0.15, 0.2) is 0 Å². The molecule has 0 atom stereocenters. The average molecular weight is 456 g/mol. The Morgan fingerprint density at radius 1 is 1.13 bits per heavy atom. The van der Waals surface area contributed by atoms with E-state index in [0.717, 1.165) is 12.1 Å². The average Bonchev–Trinajstić information content (AvgIpc) is 3.15. The summed E-state index contributed by atoms with van der Waals surface area (Å²) in [6, 6.07) is 10.2. The highest BCUT2D eigenvalue weighted by atomic mass is 32.2. The van der Waals surface area contributed by atoms with Crippen LogP contribution in [-0.2, 0) is 28.5 Å². The number of alkyl halides is 3. The van der Waals surface area contributed by atoms with Crippen LogP contribution in [0.15, 0.2) is 53.9 Å². The molecule has 0 saturated carbocycles. The number of sulfonamides is 1. The summed E-state index contributed by atoms with van der Waals surface area (Å²) < 4.78 is 64.9. The standard InChI is InChI=1S/C19H15F3N2O4S2/c20-19(21,22)15-6-4-13(5-7-15)16-10-29-17(24-16)9-23-30(27,28)11-12-2-1-3-14(8-12)18(25)26/h1-8,10,23H,9,11H2,(H,25,26). The van der Waals surface area contributed by atoms with Crippen LogP contribution in [0.4, 0.5) is 13.2 Å². The first-order chi connectivity index (χ1) is 14.0. The van der Waals surface area contributed by atoms with Gasteiger partial charge in [-0.3, -0.25) is 0 Å². The Morgan fingerprint density at radius 3 is 2.47 bits per heavy atom. The molecule has 3 aromatic rings. The van der Waals surface area contributed by atoms with E-state index in [-0.39, 0.29) is 12.1 Å². The number of aromatic carboxylic acids is 1. The third-order valence-electron chi connectivity index (χ3n) is 4.03. The number of rotatable bonds is 7. The van der Waals surface area contributed by atoms with Gasteiger partial charge in [-0.05, 0) is 29.8 Å². The monoisotopic (exact) mass is 456 g/mol. The van der Waals surface area contributed by atoms with E-state index >= 15 is 0 Å². The minimum Gasteiger partial charge on any atom is -0.478 e. The number of aromatic nitrogens is 1. The number of hydrogen-bond acceptors (Lipinski definition) is 5. The summed E-state index contributed by atoms with van der Waals surface area (Å²) in [6.07, 6.45) is -4.42. The zero-order valence-corrected chi connectivity index (χ0v) is 16.8. The number of carboxylic acid groups (broad SMARTS) is 1. The number of benzene rings is 2. The van der Waals surface area contributed by atoms with Crippen LogP contribution < -0.4 is 4.72 Å². The molecule has 0 amide bonds. The van der Waals surface area contributed by atoms with Crippen molar-refractivity contribution in [3.63, 3.8) is 0 Å². The molecule has 0 radical (unpaired) electrons. The van der Waals surface area contributed by atoms with Crippen molar-refractivity contribution < 1.29 is 31.5 Å². The maximum Gasteiger partial charge on any atom is 0.416 e. The van der Waals surface area contributed by atoms with E-state index < -0.39 is 33.5 Å². The highest BCUT2D eigenvalue weighted by Gasteiger charge is 2.30. The van der Waals surface area contributed by atoms with Crippen LogP contribution in [0.25, 0.3) is 11.3 Å². The highest BCUT2D eigenvalue weighted by molar-refractivity contribution is 7.88. The Kier molecular flexibility index (Phi) is 6.25. The van der Waals surface area contributed by atoms with E-state index in [9.17, 15) is 26.4 Å². The predicted molar refractivity (Wildman–Crippen MR) is 105 cm³/mol. The predicted octanol–water partition coefficient (Wildman–Crippen LogP) is 4.15. The number of carbonyl (C=O) groups is 1. The molecule has 0 aliphatic rings. The van der Waals surface area contributed by atoms with Gasteiger partial charge >= 0.3 is 12.1 Å². The molecule has 0 fully saturated rings. The smallest absolute Gasteiger partial charge is 0.416 e. The van der Waals surface area contributed by atoms with Crippen molar-refractivity contribution in [2.75, 3.05) is 0 Å². The Bertz CT molecular complexity index is 1160. The molecule has 0 bridgehead atoms. The molecule has 0 aliphatic carbocycles. The fourth-order valence-corrected chi connectivity index (χ4v) is 4.50. The molecule has 158 valence electrons. The summed E-state index contributed by atoms with van der Waals surface area (Å²) in [6.45, 7) is -0.0910. The fraction of sp³-hybridized carbons (Fsp3) is 0.158. The van der Waals surface area contributed by atoms with E-state index in [0.29, 0.717) is 21.8 Å². The largest absolute Gasteiger partial charge is 0.478 e. The van der Waals surface area contributed by atoms with Gasteiger partial charge in [0.05, 0.1) is 29.1 Å². The number of hydrogen-bond donors (Lipinski definition) is 2. The molecule has 2 aromatic carbocycles. The van der Waals surface area contributed by atoms with Crippen LogP contribution in [0, 0.1) is 0 Å². The Balaban J connectivity index is 1.64. The number of nitrogens with zero attached hydrogens (tertiary/aromatic N) is 1. The van der Waals surface area contributed by atoms with Crippen LogP contribution in [0.1, 0.15) is 26.5 Å². The second-order valence-electron chi connectivity index (χ2n) is 6.29. The van der Waals surface area contributed by atoms with E-state index in [1.165, 1.54) is 47.7 Å². The van der Waals surface area contributed by atoms with Gasteiger partial charge in [0.25, 0.3) is 0 Å². The van der Waals surface area contributed by atoms with Gasteiger partial charge < -0.3 is 5.11 Å². The molecule has 1 heterocycles. The molecule has 11 heteroatoms. The molecular formula is C19H15F3N2O4S2. The number of halogens is 3. The second kappa shape index (κ2) is 8.54. The minimum absolute atomic E-state index is 0.0104. The number of carboxylic acids is 1. The van der Waals surface area contributed by atoms with E-state index in [4.69, 9.17) is 5.11 Å². The lowest BCUT2D eigenvalue weighted by Gasteiger charge is -2.07. The minimum atomic E-state index is -4.42. The van der Waals surface area contributed by atoms with Gasteiger partial charge in [-0.2, -0.15) is 13.2 Å². The number of nitrogens with one attached hydrogen (secondary N) is 1. The summed E-state index contributed by atoms with van der Waals surface area (Å²) in [5.74, 6) is -1.55. The quantitative estimate of drug-likeness (QED) is 0.557. The van der Waals surface area contributed by atoms with E-state index in [2.05, 4.69) is 9.71 Å². The lowest BCUT2D eigenvalue weighted by molar-refractivity contribution is -0.137. The van der Waals surface area contributed by atoms with Gasteiger partial charge in [-0.25, -0.2) is 22.9 Å². The summed E-state index contributed by atoms with van der Waals surface area (Å²) in [5, 5.41) is 11.0. The van der Waals surface area contributed by atoms with Gasteiger partial charge in [-0.1, -0.05) is 24.3 Å². The third kappa shape index (κ3) is 5.65. The third-order valence-corrected chi connectivity index (χ3v) is 6.18. The van der Waals surface area contributed by atoms with Crippen LogP contribution >= 0.6 is 11.3 Å². The van der Waals surface area contributed by atoms with Crippen molar-refractivity contribution in [3.05, 3.63) is 75.6 Å². The second-order valence-corrected chi connectivity index (χ2v) is 9.04. The van der Waals surface area contributed by atoms with Crippen molar-refractivity contribution in [3.8, 4) is 11.3 Å². The van der Waals surface area contributed by atoms with Crippen LogP contribution in [0.3, 0.4) is 0 Å². The summed E-state index contributed by atoms with van der Waals surface area (Å²) in [5.41, 5.74) is 0.480. The molecule has 0 saturated heterocycles. The lowest BCUT2D eigenvalue weighted by atomic mass is 10.1. The Hall–Kier alpha value is -2.76. The maximum absolute atomic E-state index is 12.6. The first-order valence-electron chi connectivity index (χ1n) is 8.45. The first-order valence-corrected chi connectivity index (χ1v) is 11.0. The van der Waals surface area contributed by atoms with Crippen molar-refractivity contribution in [2.45, 2.75) is 18.5 Å². The molecule has 0 unspecified atom stereocenters. The van der Waals surface area contributed by atoms with E-state index in [1.54, 1.807) is 5.38 Å². The molecule has 1 aromatic heterocycles. The van der Waals surface area contributed by atoms with Gasteiger partial charge in [0, 0.05) is 10.9 Å². The summed E-state index contributed by atoms with van der Waals surface area (Å²) >= 11 is 1.17. The first kappa shape index (κ1) is 21.9. The van der Waals surface area contributed by atoms with Crippen LogP contribution in [0.2, 0.25) is 0 Å². The number of thiazole rings is 1. The molecule has 2 N–H and O–H groups in total. The molecule has 0 spiro atoms. The zero-order valence-electron chi connectivity index (χ0n) is 15.2. The Morgan fingerprint density at radius 2 is 1.83 bits per heavy atom. The van der Waals surface area contributed by atoms with Gasteiger partial charge in [0.1, 0.15) is 5.01 Å². The van der Waals surface area contributed by atoms with Gasteiger partial charge in [0.2, 0.25) is 10.0 Å². The SMILES string of the molecule is O=C(O)c1cccc(CS(=O)(=O)NCc2nc(-c3ccc(C(F)(F)F)cc3)cs2)c1. The highest BCUT2D eigenvalue weighted by Crippen LogP contribution is 2.31. The topological polar surface area (TPSA) is 96.4 Å². The van der Waals surface area contributed by atoms with Crippen molar-refractivity contribution in [1.82, 2.24) is 9.71 Å². The van der Waals surface area contributed by atoms with Crippen LogP contribution in [0.5, 0.6) is 0 Å². The maximum atomic E-state index is 12.6. The lowest BCUT2D eigenvalue weighted by Crippen LogP contribution is -2.24. The van der Waals surface area contributed by atoms with Crippen LogP contribution in [-0.4, -0.2) is 24.5 Å². The fourth-order valence-electron chi connectivity index (χ4n) is 2.59. The molecule has 6 nitrogen and oxygen atoms in total.